The Morgan fingerprint density at radius 1 is 1.24 bits per heavy atom. The summed E-state index contributed by atoms with van der Waals surface area (Å²) in [4.78, 5) is 38.4. The summed E-state index contributed by atoms with van der Waals surface area (Å²) >= 11 is 0. The molecule has 1 aromatic heterocycles. The minimum absolute atomic E-state index is 0.0177. The first kappa shape index (κ1) is 23.3. The fourth-order valence-electron chi connectivity index (χ4n) is 6.43. The highest BCUT2D eigenvalue weighted by atomic mass is 16.5. The van der Waals surface area contributed by atoms with Crippen LogP contribution in [0, 0.1) is 28.1 Å². The van der Waals surface area contributed by atoms with Crippen molar-refractivity contribution in [2.45, 2.75) is 53.1 Å². The molecule has 4 rings (SSSR count). The molecular weight excluding hydrogens is 420 g/mol. The number of allylic oxidation sites excluding steroid dienone is 3. The zero-order chi connectivity index (χ0) is 24.2. The summed E-state index contributed by atoms with van der Waals surface area (Å²) in [7, 11) is 1.37. The van der Waals surface area contributed by atoms with Crippen molar-refractivity contribution in [2.24, 2.45) is 28.1 Å². The fourth-order valence-corrected chi connectivity index (χ4v) is 6.43. The average Bonchev–Trinajstić information content (AvgIpc) is 3.29. The van der Waals surface area contributed by atoms with Crippen LogP contribution >= 0.6 is 0 Å². The van der Waals surface area contributed by atoms with Gasteiger partial charge in [0, 0.05) is 22.5 Å². The summed E-state index contributed by atoms with van der Waals surface area (Å²) in [6, 6.07) is 1.81. The van der Waals surface area contributed by atoms with Crippen LogP contribution in [0.1, 0.15) is 58.6 Å². The van der Waals surface area contributed by atoms with Crippen LogP contribution < -0.4 is 0 Å². The Labute approximate surface area is 194 Å². The van der Waals surface area contributed by atoms with Crippen LogP contribution in [0.2, 0.25) is 0 Å². The van der Waals surface area contributed by atoms with Crippen LogP contribution in [0.3, 0.4) is 0 Å². The van der Waals surface area contributed by atoms with E-state index in [4.69, 9.17) is 13.9 Å². The number of ether oxygens (including phenoxy) is 2. The third kappa shape index (κ3) is 3.51. The molecule has 1 fully saturated rings. The number of furan rings is 1. The van der Waals surface area contributed by atoms with Gasteiger partial charge in [0.1, 0.15) is 6.10 Å². The van der Waals surface area contributed by atoms with Gasteiger partial charge in [0.15, 0.2) is 5.78 Å². The SMILES string of the molecule is C=C1C2=CC(=O)O[C@@H](c3ccoc3)[C@]2(C)CC[C@@H]1[C@@]1(C)C(=O)C=CC(C)(C)[C@@H]1CC(=O)OC. The molecule has 1 aromatic rings. The first-order valence-corrected chi connectivity index (χ1v) is 11.4. The van der Waals surface area contributed by atoms with Crippen molar-refractivity contribution in [3.63, 3.8) is 0 Å². The standard InChI is InChI=1S/C27H32O6/c1-16-18(27(5)20(14-22(29)31-6)25(2,3)10-8-21(27)28)7-11-26(4)19(16)13-23(30)33-24(26)17-9-12-32-15-17/h8-10,12-13,15,18,20,24H,1,7,11,14H2,2-6H3/t18-,20-,24-,26+,27+/m0/s1. The molecule has 1 saturated carbocycles. The van der Waals surface area contributed by atoms with Crippen LogP contribution in [-0.2, 0) is 23.9 Å². The number of rotatable bonds is 4. The number of esters is 2. The fraction of sp³-hybridized carbons (Fsp3) is 0.519. The Morgan fingerprint density at radius 2 is 1.97 bits per heavy atom. The number of hydrogen-bond acceptors (Lipinski definition) is 6. The Bertz CT molecular complexity index is 1060. The number of methoxy groups -OCH3 is 1. The molecule has 0 saturated heterocycles. The highest BCUT2D eigenvalue weighted by Crippen LogP contribution is 2.62. The van der Waals surface area contributed by atoms with E-state index in [9.17, 15) is 14.4 Å². The van der Waals surface area contributed by atoms with Crippen LogP contribution in [0.4, 0.5) is 0 Å². The van der Waals surface area contributed by atoms with E-state index in [1.54, 1.807) is 18.6 Å². The lowest BCUT2D eigenvalue weighted by molar-refractivity contribution is -0.153. The predicted molar refractivity (Wildman–Crippen MR) is 122 cm³/mol. The van der Waals surface area contributed by atoms with E-state index in [0.29, 0.717) is 12.8 Å². The lowest BCUT2D eigenvalue weighted by atomic mass is 9.48. The smallest absolute Gasteiger partial charge is 0.331 e. The van der Waals surface area contributed by atoms with Gasteiger partial charge in [-0.25, -0.2) is 4.79 Å². The van der Waals surface area contributed by atoms with Crippen LogP contribution in [0.25, 0.3) is 0 Å². The van der Waals surface area contributed by atoms with Gasteiger partial charge in [-0.05, 0) is 53.4 Å². The van der Waals surface area contributed by atoms with Gasteiger partial charge in [0.25, 0.3) is 0 Å². The minimum Gasteiger partial charge on any atom is -0.472 e. The largest absolute Gasteiger partial charge is 0.472 e. The van der Waals surface area contributed by atoms with E-state index in [2.05, 4.69) is 13.5 Å². The lowest BCUT2D eigenvalue weighted by Gasteiger charge is -2.55. The number of cyclic esters (lactones) is 1. The molecule has 176 valence electrons. The van der Waals surface area contributed by atoms with Gasteiger partial charge in [-0.3, -0.25) is 9.59 Å². The van der Waals surface area contributed by atoms with Crippen molar-refractivity contribution in [2.75, 3.05) is 7.11 Å². The topological polar surface area (TPSA) is 82.8 Å². The van der Waals surface area contributed by atoms with E-state index >= 15 is 0 Å². The Hall–Kier alpha value is -2.89. The molecule has 0 spiro atoms. The third-order valence-electron chi connectivity index (χ3n) is 8.39. The van der Waals surface area contributed by atoms with E-state index in [-0.39, 0.29) is 30.0 Å². The van der Waals surface area contributed by atoms with Gasteiger partial charge in [0.05, 0.1) is 26.1 Å². The molecule has 6 heteroatoms. The van der Waals surface area contributed by atoms with E-state index in [1.807, 2.05) is 32.9 Å². The summed E-state index contributed by atoms with van der Waals surface area (Å²) in [5.41, 5.74) is 0.651. The molecule has 0 unspecified atom stereocenters. The van der Waals surface area contributed by atoms with Gasteiger partial charge in [-0.1, -0.05) is 40.3 Å². The quantitative estimate of drug-likeness (QED) is 0.589. The summed E-state index contributed by atoms with van der Waals surface area (Å²) in [6.07, 6.45) is 9.27. The molecule has 0 aromatic carbocycles. The number of fused-ring (bicyclic) bond motifs is 1. The van der Waals surface area contributed by atoms with Crippen molar-refractivity contribution >= 4 is 17.7 Å². The molecule has 2 aliphatic carbocycles. The monoisotopic (exact) mass is 452 g/mol. The zero-order valence-electron chi connectivity index (χ0n) is 20.0. The summed E-state index contributed by atoms with van der Waals surface area (Å²) in [5, 5.41) is 0. The second-order valence-electron chi connectivity index (χ2n) is 10.6. The minimum atomic E-state index is -0.863. The molecule has 33 heavy (non-hydrogen) atoms. The Morgan fingerprint density at radius 3 is 2.61 bits per heavy atom. The van der Waals surface area contributed by atoms with Gasteiger partial charge < -0.3 is 13.9 Å². The molecule has 3 aliphatic rings. The van der Waals surface area contributed by atoms with E-state index in [0.717, 1.165) is 16.7 Å². The van der Waals surface area contributed by atoms with E-state index in [1.165, 1.54) is 13.2 Å². The maximum Gasteiger partial charge on any atom is 0.331 e. The van der Waals surface area contributed by atoms with E-state index < -0.39 is 28.3 Å². The Balaban J connectivity index is 1.77. The van der Waals surface area contributed by atoms with Crippen molar-refractivity contribution in [3.05, 3.63) is 60.1 Å². The van der Waals surface area contributed by atoms with Gasteiger partial charge in [-0.2, -0.15) is 0 Å². The molecule has 6 nitrogen and oxygen atoms in total. The van der Waals surface area contributed by atoms with Crippen molar-refractivity contribution < 1.29 is 28.3 Å². The first-order valence-electron chi connectivity index (χ1n) is 11.4. The average molecular weight is 453 g/mol. The first-order chi connectivity index (χ1) is 15.4. The molecule has 0 amide bonds. The number of ketones is 1. The summed E-state index contributed by atoms with van der Waals surface area (Å²) in [5.74, 6) is -1.28. The van der Waals surface area contributed by atoms with Crippen LogP contribution in [-0.4, -0.2) is 24.8 Å². The highest BCUT2D eigenvalue weighted by Gasteiger charge is 2.59. The van der Waals surface area contributed by atoms with Crippen molar-refractivity contribution in [3.8, 4) is 0 Å². The molecule has 0 N–H and O–H groups in total. The zero-order valence-corrected chi connectivity index (χ0v) is 20.0. The Kier molecular flexibility index (Phi) is 5.54. The second kappa shape index (κ2) is 7.86. The van der Waals surface area contributed by atoms with Gasteiger partial charge in [-0.15, -0.1) is 0 Å². The maximum absolute atomic E-state index is 13.5. The molecule has 1 aliphatic heterocycles. The van der Waals surface area contributed by atoms with Crippen LogP contribution in [0.15, 0.2) is 59.0 Å². The predicted octanol–water partition coefficient (Wildman–Crippen LogP) is 5.13. The number of hydrogen-bond donors (Lipinski definition) is 0. The molecule has 0 radical (unpaired) electrons. The molecule has 0 bridgehead atoms. The number of carbonyl (C=O) groups is 3. The second-order valence-corrected chi connectivity index (χ2v) is 10.6. The van der Waals surface area contributed by atoms with Crippen molar-refractivity contribution in [1.29, 1.82) is 0 Å². The van der Waals surface area contributed by atoms with Crippen molar-refractivity contribution in [1.82, 2.24) is 0 Å². The number of carbonyl (C=O) groups excluding carboxylic acids is 3. The third-order valence-corrected chi connectivity index (χ3v) is 8.39. The van der Waals surface area contributed by atoms with Crippen LogP contribution in [0.5, 0.6) is 0 Å². The molecule has 2 heterocycles. The van der Waals surface area contributed by atoms with Gasteiger partial charge >= 0.3 is 11.9 Å². The summed E-state index contributed by atoms with van der Waals surface area (Å²) in [6.45, 7) is 12.5. The molecular formula is C27H32O6. The van der Waals surface area contributed by atoms with Gasteiger partial charge in [0.2, 0.25) is 0 Å². The highest BCUT2D eigenvalue weighted by molar-refractivity contribution is 5.97. The maximum atomic E-state index is 13.5. The lowest BCUT2D eigenvalue weighted by Crippen LogP contribution is -2.53. The normalized spacial score (nSPS) is 35.5. The molecule has 5 atom stereocenters. The summed E-state index contributed by atoms with van der Waals surface area (Å²) < 4.78 is 16.0.